The first kappa shape index (κ1) is 50.1. The van der Waals surface area contributed by atoms with Crippen LogP contribution in [0.25, 0.3) is 137 Å². The molecule has 4 heteroatoms. The fourth-order valence-corrected chi connectivity index (χ4v) is 20.0. The number of hydrogen-bond acceptors (Lipinski definition) is 0. The summed E-state index contributed by atoms with van der Waals surface area (Å²) in [5.74, 6) is 0. The molecule has 18 aromatic rings. The molecule has 0 fully saturated rings. The summed E-state index contributed by atoms with van der Waals surface area (Å²) in [5.41, 5.74) is 15.3. The normalized spacial score (nSPS) is 12.1. The van der Waals surface area contributed by atoms with Crippen LogP contribution in [0.5, 0.6) is 0 Å². The fraction of sp³-hybridized carbons (Fsp3) is 0. The molecule has 0 aliphatic heterocycles. The third-order valence-corrected chi connectivity index (χ3v) is 23.7. The second kappa shape index (κ2) is 19.9. The van der Waals surface area contributed by atoms with Gasteiger partial charge in [0.05, 0.1) is 33.1 Å². The summed E-state index contributed by atoms with van der Waals surface area (Å²) in [5, 5.41) is 20.2. The maximum absolute atomic E-state index is 3.18. The molecule has 0 saturated carbocycles. The van der Waals surface area contributed by atoms with Crippen molar-refractivity contribution in [3.63, 3.8) is 0 Å². The predicted molar refractivity (Wildman–Crippen MR) is 376 cm³/mol. The Hall–Kier alpha value is -11.3. The zero-order valence-electron chi connectivity index (χ0n) is 48.1. The lowest BCUT2D eigenvalue weighted by Crippen LogP contribution is -2.74. The lowest BCUT2D eigenvalue weighted by Gasteiger charge is -2.35. The van der Waals surface area contributed by atoms with E-state index in [1.54, 1.807) is 0 Å². The molecular weight excluding hydrogens is 1080 g/mol. The Morgan fingerprint density at radius 3 is 1.06 bits per heavy atom. The van der Waals surface area contributed by atoms with Gasteiger partial charge in [-0.05, 0) is 143 Å². The van der Waals surface area contributed by atoms with Gasteiger partial charge in [0.15, 0.2) is 8.07 Å². The Kier molecular flexibility index (Phi) is 11.3. The minimum Gasteiger partial charge on any atom is -0.309 e. The largest absolute Gasteiger partial charge is 0.309 e. The van der Waals surface area contributed by atoms with E-state index in [4.69, 9.17) is 0 Å². The Bertz CT molecular complexity index is 5640. The summed E-state index contributed by atoms with van der Waals surface area (Å²) < 4.78 is 7.49. The second-order valence-electron chi connectivity index (χ2n) is 23.5. The van der Waals surface area contributed by atoms with Crippen LogP contribution < -0.4 is 20.7 Å². The van der Waals surface area contributed by atoms with Gasteiger partial charge >= 0.3 is 0 Å². The molecule has 88 heavy (non-hydrogen) atoms. The molecule has 0 radical (unpaired) electrons. The first-order valence-electron chi connectivity index (χ1n) is 30.5. The first-order chi connectivity index (χ1) is 43.7. The average Bonchev–Trinajstić information content (AvgIpc) is 1.53. The fourth-order valence-electron chi connectivity index (χ4n) is 15.2. The molecule has 0 aliphatic carbocycles. The van der Waals surface area contributed by atoms with E-state index < -0.39 is 8.07 Å². The number of fused-ring (bicyclic) bond motifs is 16. The smallest absolute Gasteiger partial charge is 0.179 e. The lowest BCUT2D eigenvalue weighted by atomic mass is 9.92. The van der Waals surface area contributed by atoms with Gasteiger partial charge in [0.25, 0.3) is 0 Å². The number of nitrogens with zero attached hydrogens (tertiary/aromatic N) is 3. The van der Waals surface area contributed by atoms with Crippen molar-refractivity contribution in [2.24, 2.45) is 0 Å². The van der Waals surface area contributed by atoms with Crippen molar-refractivity contribution in [3.8, 4) is 39.3 Å². The zero-order valence-corrected chi connectivity index (χ0v) is 49.1. The van der Waals surface area contributed by atoms with E-state index in [0.717, 1.165) is 28.1 Å². The molecule has 0 aliphatic rings. The van der Waals surface area contributed by atoms with Crippen LogP contribution in [-0.4, -0.2) is 21.8 Å². The van der Waals surface area contributed by atoms with Crippen LogP contribution in [-0.2, 0) is 0 Å². The summed E-state index contributed by atoms with van der Waals surface area (Å²) in [6.45, 7) is 0. The average molecular weight is 1130 g/mol. The first-order valence-corrected chi connectivity index (χ1v) is 32.5. The highest BCUT2D eigenvalue weighted by molar-refractivity contribution is 7.20. The highest BCUT2D eigenvalue weighted by atomic mass is 28.3. The van der Waals surface area contributed by atoms with Gasteiger partial charge in [-0.1, -0.05) is 261 Å². The minimum absolute atomic E-state index is 1.12. The summed E-state index contributed by atoms with van der Waals surface area (Å²) in [7, 11) is -3.18. The topological polar surface area (TPSA) is 14.8 Å². The van der Waals surface area contributed by atoms with Crippen molar-refractivity contribution in [3.05, 3.63) is 334 Å². The van der Waals surface area contributed by atoms with Crippen molar-refractivity contribution in [2.75, 3.05) is 0 Å². The molecule has 0 N–H and O–H groups in total. The Labute approximate surface area is 510 Å². The van der Waals surface area contributed by atoms with Crippen LogP contribution in [0.3, 0.4) is 0 Å². The van der Waals surface area contributed by atoms with Crippen molar-refractivity contribution < 1.29 is 0 Å². The summed E-state index contributed by atoms with van der Waals surface area (Å²) in [6.07, 6.45) is 0. The highest BCUT2D eigenvalue weighted by Crippen LogP contribution is 2.45. The maximum atomic E-state index is 2.57. The summed E-state index contributed by atoms with van der Waals surface area (Å²) in [4.78, 5) is 0. The SMILES string of the molecule is c1ccc(-c2cccc([Si](c3ccccc3)(c3cccc(-c4ccccc4)c3)c3cccc(-n4c5ccc(-n6c7ccccc7c7cc(-n8c9ccccc9c9ccccc98)ccc76)cc5c5c6c7ccccc7c7ccccc7c6ccc54)c3)c2)cc1. The molecule has 18 rings (SSSR count). The van der Waals surface area contributed by atoms with Gasteiger partial charge in [-0.3, -0.25) is 0 Å². The van der Waals surface area contributed by atoms with Crippen molar-refractivity contribution >= 4 is 127 Å². The quantitative estimate of drug-likeness (QED) is 0.0777. The van der Waals surface area contributed by atoms with E-state index in [0.29, 0.717) is 0 Å². The number of hydrogen-bond donors (Lipinski definition) is 0. The van der Waals surface area contributed by atoms with Gasteiger partial charge in [-0.15, -0.1) is 0 Å². The standard InChI is InChI=1S/C84H55N3Si/c1-4-23-56(24-5-1)58-27-20-32-64(51-58)88(63-30-8-3-9-31-63,65-33-21-28-59(52-65)57-25-6-2-7-26-57)66-34-22-29-60(53-66)87-81-49-46-62(55-76(81)84-82(87)50-47-74-69-37-11-10-35-67(69)68-36-12-13-41-73(68)83(74)84)86-79-44-19-16-40-72(79)75-54-61(45-48-80(75)86)85-77-42-17-14-38-70(77)71-39-15-18-43-78(71)85/h1-55H. The molecule has 3 heterocycles. The van der Waals surface area contributed by atoms with Gasteiger partial charge in [0, 0.05) is 54.8 Å². The van der Waals surface area contributed by atoms with Crippen molar-refractivity contribution in [1.29, 1.82) is 0 Å². The molecule has 0 spiro atoms. The van der Waals surface area contributed by atoms with Crippen LogP contribution >= 0.6 is 0 Å². The van der Waals surface area contributed by atoms with Gasteiger partial charge in [-0.2, -0.15) is 0 Å². The number of rotatable bonds is 9. The Morgan fingerprint density at radius 2 is 0.511 bits per heavy atom. The molecule has 0 amide bonds. The van der Waals surface area contributed by atoms with Gasteiger partial charge in [0.1, 0.15) is 0 Å². The Morgan fingerprint density at radius 1 is 0.170 bits per heavy atom. The molecule has 3 aromatic heterocycles. The van der Waals surface area contributed by atoms with E-state index in [9.17, 15) is 0 Å². The van der Waals surface area contributed by atoms with E-state index in [1.165, 1.54) is 130 Å². The lowest BCUT2D eigenvalue weighted by molar-refractivity contribution is 1.16. The number of benzene rings is 15. The van der Waals surface area contributed by atoms with Crippen LogP contribution in [0.2, 0.25) is 0 Å². The van der Waals surface area contributed by atoms with Crippen molar-refractivity contribution in [2.45, 2.75) is 0 Å². The number of aromatic nitrogens is 3. The molecular formula is C84H55N3Si. The van der Waals surface area contributed by atoms with Gasteiger partial charge in [0.2, 0.25) is 0 Å². The van der Waals surface area contributed by atoms with E-state index in [2.05, 4.69) is 347 Å². The highest BCUT2D eigenvalue weighted by Gasteiger charge is 2.42. The summed E-state index contributed by atoms with van der Waals surface area (Å²) >= 11 is 0. The van der Waals surface area contributed by atoms with Gasteiger partial charge in [-0.25, -0.2) is 0 Å². The predicted octanol–water partition coefficient (Wildman–Crippen LogP) is 19.1. The molecule has 0 unspecified atom stereocenters. The molecule has 0 bridgehead atoms. The van der Waals surface area contributed by atoms with E-state index in [-0.39, 0.29) is 0 Å². The molecule has 0 atom stereocenters. The van der Waals surface area contributed by atoms with Crippen LogP contribution in [0.15, 0.2) is 334 Å². The van der Waals surface area contributed by atoms with E-state index >= 15 is 0 Å². The third kappa shape index (κ3) is 7.49. The van der Waals surface area contributed by atoms with Crippen LogP contribution in [0.1, 0.15) is 0 Å². The summed E-state index contributed by atoms with van der Waals surface area (Å²) in [6, 6.07) is 125. The van der Waals surface area contributed by atoms with Gasteiger partial charge < -0.3 is 13.7 Å². The molecule has 0 saturated heterocycles. The van der Waals surface area contributed by atoms with E-state index in [1.807, 2.05) is 0 Å². The minimum atomic E-state index is -3.18. The molecule has 3 nitrogen and oxygen atoms in total. The monoisotopic (exact) mass is 1130 g/mol. The second-order valence-corrected chi connectivity index (χ2v) is 27.3. The van der Waals surface area contributed by atoms with Crippen LogP contribution in [0.4, 0.5) is 0 Å². The maximum Gasteiger partial charge on any atom is 0.179 e. The number of para-hydroxylation sites is 3. The van der Waals surface area contributed by atoms with Crippen LogP contribution in [0, 0.1) is 0 Å². The molecule has 410 valence electrons. The Balaban J connectivity index is 0.916. The third-order valence-electron chi connectivity index (χ3n) is 18.9. The molecule has 15 aromatic carbocycles. The zero-order chi connectivity index (χ0) is 57.9. The van der Waals surface area contributed by atoms with Crippen molar-refractivity contribution in [1.82, 2.24) is 13.7 Å².